The van der Waals surface area contributed by atoms with Gasteiger partial charge in [-0.25, -0.2) is 14.4 Å². The Labute approximate surface area is 201 Å². The summed E-state index contributed by atoms with van der Waals surface area (Å²) in [5, 5.41) is 3.09. The Morgan fingerprint density at radius 1 is 1.11 bits per heavy atom. The van der Waals surface area contributed by atoms with Crippen LogP contribution >= 0.6 is 0 Å². The lowest BCUT2D eigenvalue weighted by atomic mass is 9.90. The van der Waals surface area contributed by atoms with Crippen LogP contribution in [-0.4, -0.2) is 39.9 Å². The minimum atomic E-state index is -4.45. The molecule has 5 nitrogen and oxygen atoms in total. The number of alkyl halides is 3. The second kappa shape index (κ2) is 10.0. The SMILES string of the molecule is Cc1ccc(-c2ccc(F)cc2)c(C(=O)N2CCCC(C)C2CNc2ccc(C(F)(F)F)cn2)n1. The highest BCUT2D eigenvalue weighted by Gasteiger charge is 2.34. The predicted octanol–water partition coefficient (Wildman–Crippen LogP) is 5.96. The van der Waals surface area contributed by atoms with Gasteiger partial charge in [0.15, 0.2) is 0 Å². The Kier molecular flexibility index (Phi) is 7.05. The van der Waals surface area contributed by atoms with Crippen molar-refractivity contribution in [1.29, 1.82) is 0 Å². The van der Waals surface area contributed by atoms with Gasteiger partial charge in [0.2, 0.25) is 0 Å². The maximum Gasteiger partial charge on any atom is 0.417 e. The van der Waals surface area contributed by atoms with E-state index in [1.807, 2.05) is 12.1 Å². The van der Waals surface area contributed by atoms with Crippen LogP contribution in [0, 0.1) is 18.7 Å². The average Bonchev–Trinajstić information content (AvgIpc) is 2.83. The van der Waals surface area contributed by atoms with Gasteiger partial charge in [-0.3, -0.25) is 4.79 Å². The number of pyridine rings is 2. The number of piperidine rings is 1. The monoisotopic (exact) mass is 486 g/mol. The second-order valence-corrected chi connectivity index (χ2v) is 8.85. The van der Waals surface area contributed by atoms with Crippen LogP contribution in [0.2, 0.25) is 0 Å². The zero-order chi connectivity index (χ0) is 25.2. The van der Waals surface area contributed by atoms with E-state index in [0.717, 1.165) is 25.1 Å². The Hall–Kier alpha value is -3.49. The molecule has 2 unspecified atom stereocenters. The van der Waals surface area contributed by atoms with Crippen LogP contribution in [0.1, 0.15) is 41.5 Å². The van der Waals surface area contributed by atoms with Crippen molar-refractivity contribution in [1.82, 2.24) is 14.9 Å². The van der Waals surface area contributed by atoms with E-state index in [2.05, 4.69) is 22.2 Å². The zero-order valence-electron chi connectivity index (χ0n) is 19.4. The number of anilines is 1. The molecule has 1 saturated heterocycles. The van der Waals surface area contributed by atoms with E-state index >= 15 is 0 Å². The number of nitrogens with one attached hydrogen (secondary N) is 1. The Balaban J connectivity index is 1.58. The van der Waals surface area contributed by atoms with Gasteiger partial charge < -0.3 is 10.2 Å². The van der Waals surface area contributed by atoms with Gasteiger partial charge in [0.1, 0.15) is 17.3 Å². The van der Waals surface area contributed by atoms with E-state index < -0.39 is 11.7 Å². The van der Waals surface area contributed by atoms with Crippen LogP contribution in [-0.2, 0) is 6.18 Å². The summed E-state index contributed by atoms with van der Waals surface area (Å²) < 4.78 is 51.9. The van der Waals surface area contributed by atoms with Crippen molar-refractivity contribution in [2.24, 2.45) is 5.92 Å². The van der Waals surface area contributed by atoms with Crippen molar-refractivity contribution in [3.8, 4) is 11.1 Å². The maximum absolute atomic E-state index is 13.8. The molecule has 1 N–H and O–H groups in total. The molecule has 4 rings (SSSR count). The third-order valence-electron chi connectivity index (χ3n) is 6.35. The number of halogens is 4. The molecule has 0 aliphatic carbocycles. The molecule has 2 aromatic heterocycles. The number of amides is 1. The summed E-state index contributed by atoms with van der Waals surface area (Å²) in [5.41, 5.74) is 1.48. The number of benzene rings is 1. The summed E-state index contributed by atoms with van der Waals surface area (Å²) in [7, 11) is 0. The molecular formula is C26H26F4N4O. The highest BCUT2D eigenvalue weighted by molar-refractivity contribution is 5.99. The molecule has 2 atom stereocenters. The van der Waals surface area contributed by atoms with Crippen LogP contribution in [0.5, 0.6) is 0 Å². The molecule has 0 saturated carbocycles. The van der Waals surface area contributed by atoms with Gasteiger partial charge in [-0.2, -0.15) is 13.2 Å². The van der Waals surface area contributed by atoms with Crippen molar-refractivity contribution < 1.29 is 22.4 Å². The third-order valence-corrected chi connectivity index (χ3v) is 6.35. The van der Waals surface area contributed by atoms with E-state index in [9.17, 15) is 22.4 Å². The van der Waals surface area contributed by atoms with Gasteiger partial charge in [-0.15, -0.1) is 0 Å². The molecule has 0 spiro atoms. The number of hydrogen-bond acceptors (Lipinski definition) is 4. The molecule has 1 aliphatic heterocycles. The lowest BCUT2D eigenvalue weighted by molar-refractivity contribution is -0.137. The highest BCUT2D eigenvalue weighted by Crippen LogP contribution is 2.31. The molecule has 35 heavy (non-hydrogen) atoms. The number of likely N-dealkylation sites (tertiary alicyclic amines) is 1. The summed E-state index contributed by atoms with van der Waals surface area (Å²) in [6.45, 7) is 4.73. The third kappa shape index (κ3) is 5.61. The summed E-state index contributed by atoms with van der Waals surface area (Å²) in [4.78, 5) is 23.9. The average molecular weight is 487 g/mol. The summed E-state index contributed by atoms with van der Waals surface area (Å²) >= 11 is 0. The zero-order valence-corrected chi connectivity index (χ0v) is 19.4. The molecule has 3 heterocycles. The minimum absolute atomic E-state index is 0.161. The van der Waals surface area contributed by atoms with Crippen LogP contribution in [0.15, 0.2) is 54.7 Å². The fourth-order valence-corrected chi connectivity index (χ4v) is 4.41. The fraction of sp³-hybridized carbons (Fsp3) is 0.346. The first-order valence-electron chi connectivity index (χ1n) is 11.4. The van der Waals surface area contributed by atoms with Crippen LogP contribution in [0.4, 0.5) is 23.4 Å². The van der Waals surface area contributed by atoms with E-state index in [1.165, 1.54) is 18.2 Å². The number of rotatable bonds is 5. The lowest BCUT2D eigenvalue weighted by Crippen LogP contribution is -2.51. The highest BCUT2D eigenvalue weighted by atomic mass is 19.4. The minimum Gasteiger partial charge on any atom is -0.368 e. The first-order valence-corrected chi connectivity index (χ1v) is 11.4. The van der Waals surface area contributed by atoms with E-state index in [0.29, 0.717) is 41.4 Å². The summed E-state index contributed by atoms with van der Waals surface area (Å²) in [5.74, 6) is -0.126. The molecule has 1 aliphatic rings. The van der Waals surface area contributed by atoms with Crippen molar-refractivity contribution in [2.45, 2.75) is 38.9 Å². The first-order chi connectivity index (χ1) is 16.6. The van der Waals surface area contributed by atoms with Crippen molar-refractivity contribution in [3.05, 3.63) is 77.5 Å². The molecule has 3 aromatic rings. The maximum atomic E-state index is 13.8. The first kappa shape index (κ1) is 24.6. The van der Waals surface area contributed by atoms with Gasteiger partial charge >= 0.3 is 6.18 Å². The Morgan fingerprint density at radius 3 is 2.51 bits per heavy atom. The lowest BCUT2D eigenvalue weighted by Gasteiger charge is -2.40. The number of nitrogens with zero attached hydrogens (tertiary/aromatic N) is 3. The molecule has 184 valence electrons. The van der Waals surface area contributed by atoms with Crippen LogP contribution in [0.3, 0.4) is 0 Å². The van der Waals surface area contributed by atoms with Crippen molar-refractivity contribution in [3.63, 3.8) is 0 Å². The quantitative estimate of drug-likeness (QED) is 0.452. The standard InChI is InChI=1S/C26H26F4N4O/c1-16-4-3-13-34(22(16)15-32-23-12-8-19(14-31-23)26(28,29)30)25(35)24-21(11-5-17(2)33-24)18-6-9-20(27)10-7-18/h5-12,14,16,22H,3-4,13,15H2,1-2H3,(H,31,32). The van der Waals surface area contributed by atoms with E-state index in [1.54, 1.807) is 24.0 Å². The Morgan fingerprint density at radius 2 is 1.86 bits per heavy atom. The Bertz CT molecular complexity index is 1180. The van der Waals surface area contributed by atoms with E-state index in [-0.39, 0.29) is 23.7 Å². The predicted molar refractivity (Wildman–Crippen MR) is 125 cm³/mol. The van der Waals surface area contributed by atoms with Crippen LogP contribution < -0.4 is 5.32 Å². The molecule has 9 heteroatoms. The van der Waals surface area contributed by atoms with Gasteiger partial charge in [0, 0.05) is 30.5 Å². The molecular weight excluding hydrogens is 460 g/mol. The van der Waals surface area contributed by atoms with Crippen LogP contribution in [0.25, 0.3) is 11.1 Å². The number of carbonyl (C=O) groups excluding carboxylic acids is 1. The molecule has 1 fully saturated rings. The molecule has 1 aromatic carbocycles. The van der Waals surface area contributed by atoms with Gasteiger partial charge in [-0.1, -0.05) is 25.1 Å². The number of carbonyl (C=O) groups is 1. The van der Waals surface area contributed by atoms with Gasteiger partial charge in [-0.05, 0) is 61.6 Å². The van der Waals surface area contributed by atoms with Crippen molar-refractivity contribution in [2.75, 3.05) is 18.4 Å². The normalized spacial score (nSPS) is 18.4. The summed E-state index contributed by atoms with van der Waals surface area (Å²) in [6.07, 6.45) is -1.90. The largest absolute Gasteiger partial charge is 0.417 e. The topological polar surface area (TPSA) is 58.1 Å². The van der Waals surface area contributed by atoms with Crippen molar-refractivity contribution >= 4 is 11.7 Å². The smallest absolute Gasteiger partial charge is 0.368 e. The van der Waals surface area contributed by atoms with E-state index in [4.69, 9.17) is 0 Å². The van der Waals surface area contributed by atoms with Gasteiger partial charge in [0.05, 0.1) is 11.6 Å². The summed E-state index contributed by atoms with van der Waals surface area (Å²) in [6, 6.07) is 11.6. The number of aryl methyl sites for hydroxylation is 1. The fourth-order valence-electron chi connectivity index (χ4n) is 4.41. The number of hydrogen-bond donors (Lipinski definition) is 1. The molecule has 0 radical (unpaired) electrons. The molecule has 1 amide bonds. The van der Waals surface area contributed by atoms with Gasteiger partial charge in [0.25, 0.3) is 5.91 Å². The second-order valence-electron chi connectivity index (χ2n) is 8.85. The molecule has 0 bridgehead atoms. The number of aromatic nitrogens is 2.